The van der Waals surface area contributed by atoms with E-state index in [1.54, 1.807) is 0 Å². The van der Waals surface area contributed by atoms with Crippen molar-refractivity contribution < 1.29 is 5.11 Å². The molecule has 0 saturated heterocycles. The molecule has 0 aromatic heterocycles. The molecule has 1 rings (SSSR count). The largest absolute Gasteiger partial charge is 0.393 e. The molecule has 0 aromatic carbocycles. The molecule has 3 N–H and O–H groups in total. The van der Waals surface area contributed by atoms with Gasteiger partial charge in [-0.2, -0.15) is 0 Å². The van der Waals surface area contributed by atoms with Crippen molar-refractivity contribution in [1.82, 2.24) is 15.5 Å². The van der Waals surface area contributed by atoms with Crippen molar-refractivity contribution >= 4 is 5.96 Å². The van der Waals surface area contributed by atoms with Gasteiger partial charge in [-0.05, 0) is 66.1 Å². The first-order valence-corrected chi connectivity index (χ1v) is 9.49. The van der Waals surface area contributed by atoms with Crippen LogP contribution in [0.15, 0.2) is 4.99 Å². The third-order valence-electron chi connectivity index (χ3n) is 4.42. The van der Waals surface area contributed by atoms with Crippen LogP contribution in [-0.2, 0) is 0 Å². The number of aliphatic imine (C=N–C) groups is 1. The number of nitrogens with one attached hydrogen (secondary N) is 2. The molecule has 0 spiro atoms. The minimum Gasteiger partial charge on any atom is -0.393 e. The highest BCUT2D eigenvalue weighted by atomic mass is 16.3. The summed E-state index contributed by atoms with van der Waals surface area (Å²) in [6.07, 6.45) is 10.2. The van der Waals surface area contributed by atoms with Crippen LogP contribution in [0.5, 0.6) is 0 Å². The van der Waals surface area contributed by atoms with E-state index in [4.69, 9.17) is 4.99 Å². The SMILES string of the molecule is CCNC(=NCCCCCCCN(C)C)NC1CCC(O)CC1. The van der Waals surface area contributed by atoms with E-state index in [0.717, 1.165) is 44.7 Å². The normalized spacial score (nSPS) is 22.4. The van der Waals surface area contributed by atoms with Gasteiger partial charge in [0.1, 0.15) is 0 Å². The van der Waals surface area contributed by atoms with E-state index in [-0.39, 0.29) is 6.10 Å². The first-order chi connectivity index (χ1) is 11.1. The van der Waals surface area contributed by atoms with Gasteiger partial charge in [0.05, 0.1) is 6.10 Å². The van der Waals surface area contributed by atoms with Gasteiger partial charge in [-0.3, -0.25) is 4.99 Å². The van der Waals surface area contributed by atoms with E-state index in [1.165, 1.54) is 38.6 Å². The number of guanidine groups is 1. The molecule has 0 amide bonds. The second kappa shape index (κ2) is 12.6. The Labute approximate surface area is 142 Å². The lowest BCUT2D eigenvalue weighted by Crippen LogP contribution is -2.45. The van der Waals surface area contributed by atoms with E-state index < -0.39 is 0 Å². The Morgan fingerprint density at radius 3 is 2.35 bits per heavy atom. The summed E-state index contributed by atoms with van der Waals surface area (Å²) in [5.41, 5.74) is 0. The first kappa shape index (κ1) is 20.2. The van der Waals surface area contributed by atoms with Crippen LogP contribution in [0.4, 0.5) is 0 Å². The van der Waals surface area contributed by atoms with Gasteiger partial charge in [-0.25, -0.2) is 0 Å². The Hall–Kier alpha value is -0.810. The molecule has 0 aromatic rings. The van der Waals surface area contributed by atoms with E-state index in [0.29, 0.717) is 6.04 Å². The fourth-order valence-corrected chi connectivity index (χ4v) is 2.99. The van der Waals surface area contributed by atoms with Gasteiger partial charge in [0, 0.05) is 19.1 Å². The van der Waals surface area contributed by atoms with E-state index in [1.807, 2.05) is 0 Å². The van der Waals surface area contributed by atoms with Crippen molar-refractivity contribution in [3.05, 3.63) is 0 Å². The third kappa shape index (κ3) is 10.6. The number of hydrogen-bond acceptors (Lipinski definition) is 3. The second-order valence-corrected chi connectivity index (χ2v) is 6.98. The van der Waals surface area contributed by atoms with Crippen molar-refractivity contribution in [3.63, 3.8) is 0 Å². The van der Waals surface area contributed by atoms with Gasteiger partial charge >= 0.3 is 0 Å². The Bertz CT molecular complexity index is 312. The Kier molecular flexibility index (Phi) is 11.1. The van der Waals surface area contributed by atoms with Crippen LogP contribution in [0.3, 0.4) is 0 Å². The summed E-state index contributed by atoms with van der Waals surface area (Å²) in [5.74, 6) is 0.946. The van der Waals surface area contributed by atoms with Gasteiger partial charge in [-0.15, -0.1) is 0 Å². The fraction of sp³-hybridized carbons (Fsp3) is 0.944. The van der Waals surface area contributed by atoms with Crippen LogP contribution in [-0.4, -0.2) is 61.8 Å². The first-order valence-electron chi connectivity index (χ1n) is 9.49. The fourth-order valence-electron chi connectivity index (χ4n) is 2.99. The van der Waals surface area contributed by atoms with Crippen LogP contribution < -0.4 is 10.6 Å². The topological polar surface area (TPSA) is 59.9 Å². The predicted octanol–water partition coefficient (Wildman–Crippen LogP) is 2.36. The molecule has 1 saturated carbocycles. The van der Waals surface area contributed by atoms with Gasteiger partial charge < -0.3 is 20.6 Å². The number of hydrogen-bond donors (Lipinski definition) is 3. The monoisotopic (exact) mass is 326 g/mol. The van der Waals surface area contributed by atoms with Crippen molar-refractivity contribution in [2.45, 2.75) is 76.9 Å². The van der Waals surface area contributed by atoms with Gasteiger partial charge in [-0.1, -0.05) is 19.3 Å². The van der Waals surface area contributed by atoms with Crippen molar-refractivity contribution in [3.8, 4) is 0 Å². The third-order valence-corrected chi connectivity index (χ3v) is 4.42. The molecule has 5 heteroatoms. The minimum atomic E-state index is -0.0972. The summed E-state index contributed by atoms with van der Waals surface area (Å²) in [4.78, 5) is 6.95. The van der Waals surface area contributed by atoms with E-state index >= 15 is 0 Å². The molecular weight excluding hydrogens is 288 g/mol. The number of aliphatic hydroxyl groups is 1. The van der Waals surface area contributed by atoms with Crippen LogP contribution in [0.1, 0.15) is 64.7 Å². The van der Waals surface area contributed by atoms with Gasteiger partial charge in [0.15, 0.2) is 5.96 Å². The van der Waals surface area contributed by atoms with Crippen molar-refractivity contribution in [2.75, 3.05) is 33.7 Å². The lowest BCUT2D eigenvalue weighted by Gasteiger charge is -2.27. The van der Waals surface area contributed by atoms with Crippen LogP contribution in [0.25, 0.3) is 0 Å². The molecule has 0 aliphatic heterocycles. The molecule has 1 fully saturated rings. The minimum absolute atomic E-state index is 0.0972. The molecule has 5 nitrogen and oxygen atoms in total. The smallest absolute Gasteiger partial charge is 0.191 e. The Balaban J connectivity index is 2.14. The molecule has 0 radical (unpaired) electrons. The molecule has 0 unspecified atom stereocenters. The predicted molar refractivity (Wildman–Crippen MR) is 99.0 cm³/mol. The van der Waals surface area contributed by atoms with Crippen LogP contribution >= 0.6 is 0 Å². The molecular formula is C18H38N4O. The summed E-state index contributed by atoms with van der Waals surface area (Å²) in [5, 5.41) is 16.4. The number of nitrogens with zero attached hydrogens (tertiary/aromatic N) is 2. The zero-order valence-corrected chi connectivity index (χ0v) is 15.5. The van der Waals surface area contributed by atoms with Crippen LogP contribution in [0.2, 0.25) is 0 Å². The number of aliphatic hydroxyl groups excluding tert-OH is 1. The quantitative estimate of drug-likeness (QED) is 0.328. The van der Waals surface area contributed by atoms with Crippen LogP contribution in [0, 0.1) is 0 Å². The second-order valence-electron chi connectivity index (χ2n) is 6.98. The molecule has 0 heterocycles. The molecule has 1 aliphatic rings. The van der Waals surface area contributed by atoms with Gasteiger partial charge in [0.2, 0.25) is 0 Å². The van der Waals surface area contributed by atoms with Crippen molar-refractivity contribution in [2.24, 2.45) is 4.99 Å². The summed E-state index contributed by atoms with van der Waals surface area (Å²) in [6, 6.07) is 0.460. The van der Waals surface area contributed by atoms with E-state index in [2.05, 4.69) is 36.6 Å². The maximum Gasteiger partial charge on any atom is 0.191 e. The molecule has 1 aliphatic carbocycles. The molecule has 136 valence electrons. The summed E-state index contributed by atoms with van der Waals surface area (Å²) in [6.45, 7) is 5.10. The summed E-state index contributed by atoms with van der Waals surface area (Å²) in [7, 11) is 4.27. The molecule has 23 heavy (non-hydrogen) atoms. The molecule has 0 atom stereocenters. The number of rotatable bonds is 10. The van der Waals surface area contributed by atoms with Gasteiger partial charge in [0.25, 0.3) is 0 Å². The Morgan fingerprint density at radius 1 is 1.04 bits per heavy atom. The highest BCUT2D eigenvalue weighted by Crippen LogP contribution is 2.18. The summed E-state index contributed by atoms with van der Waals surface area (Å²) >= 11 is 0. The highest BCUT2D eigenvalue weighted by Gasteiger charge is 2.19. The Morgan fingerprint density at radius 2 is 1.70 bits per heavy atom. The standard InChI is InChI=1S/C18H38N4O/c1-4-19-18(21-16-10-12-17(23)13-11-16)20-14-8-6-5-7-9-15-22(2)3/h16-17,23H,4-15H2,1-3H3,(H2,19,20,21). The lowest BCUT2D eigenvalue weighted by atomic mass is 9.93. The maximum absolute atomic E-state index is 9.58. The summed E-state index contributed by atoms with van der Waals surface area (Å²) < 4.78 is 0. The average molecular weight is 327 g/mol. The highest BCUT2D eigenvalue weighted by molar-refractivity contribution is 5.80. The number of unbranched alkanes of at least 4 members (excludes halogenated alkanes) is 4. The zero-order valence-electron chi connectivity index (χ0n) is 15.5. The lowest BCUT2D eigenvalue weighted by molar-refractivity contribution is 0.120. The molecule has 0 bridgehead atoms. The average Bonchev–Trinajstić information content (AvgIpc) is 2.52. The maximum atomic E-state index is 9.58. The zero-order chi connectivity index (χ0) is 16.9. The van der Waals surface area contributed by atoms with E-state index in [9.17, 15) is 5.11 Å². The van der Waals surface area contributed by atoms with Crippen molar-refractivity contribution in [1.29, 1.82) is 0 Å².